The van der Waals surface area contributed by atoms with Crippen LogP contribution in [0.1, 0.15) is 12.6 Å². The van der Waals surface area contributed by atoms with Crippen molar-refractivity contribution in [2.45, 2.75) is 20.4 Å². The number of halogens is 1. The van der Waals surface area contributed by atoms with Crippen LogP contribution in [0.25, 0.3) is 11.3 Å². The molecule has 7 heteroatoms. The highest BCUT2D eigenvalue weighted by atomic mass is 35.7. The van der Waals surface area contributed by atoms with E-state index in [0.717, 1.165) is 23.6 Å². The lowest BCUT2D eigenvalue weighted by molar-refractivity contribution is -2.00. The van der Waals surface area contributed by atoms with Crippen molar-refractivity contribution in [3.8, 4) is 11.3 Å². The van der Waals surface area contributed by atoms with Crippen molar-refractivity contribution in [3.05, 3.63) is 42.1 Å². The molecule has 6 nitrogen and oxygen atoms in total. The van der Waals surface area contributed by atoms with Crippen LogP contribution in [-0.4, -0.2) is 0 Å². The lowest BCUT2D eigenvalue weighted by Crippen LogP contribution is -2.68. The highest BCUT2D eigenvalue weighted by Crippen LogP contribution is 2.18. The van der Waals surface area contributed by atoms with E-state index in [4.69, 9.17) is 23.2 Å². The molecule has 104 valence electrons. The summed E-state index contributed by atoms with van der Waals surface area (Å²) in [6, 6.07) is 12.2. The summed E-state index contributed by atoms with van der Waals surface area (Å²) in [6.07, 6.45) is 0. The monoisotopic (exact) mass is 287 g/mol. The third-order valence-corrected chi connectivity index (χ3v) is 2.29. The van der Waals surface area contributed by atoms with E-state index in [9.17, 15) is 0 Å². The lowest BCUT2D eigenvalue weighted by Gasteiger charge is -2.17. The summed E-state index contributed by atoms with van der Waals surface area (Å²) in [5.74, 6) is 0.935. The first-order chi connectivity index (χ1) is 8.81. The molecule has 0 saturated carbocycles. The van der Waals surface area contributed by atoms with Crippen LogP contribution in [0.2, 0.25) is 0 Å². The summed E-state index contributed by atoms with van der Waals surface area (Å²) in [5, 5.41) is 0. The molecule has 1 heterocycles. The van der Waals surface area contributed by atoms with Gasteiger partial charge in [-0.1, -0.05) is 30.3 Å². The van der Waals surface area contributed by atoms with E-state index >= 15 is 0 Å². The van der Waals surface area contributed by atoms with E-state index in [2.05, 4.69) is 32.0 Å². The minimum atomic E-state index is -4.94. The maximum atomic E-state index is 8.49. The number of aromatic nitrogens is 1. The Morgan fingerprint density at radius 2 is 1.63 bits per heavy atom. The molecule has 0 N–H and O–H groups in total. The first-order valence-corrected chi connectivity index (χ1v) is 6.72. The lowest BCUT2D eigenvalue weighted by atomic mass is 10.2. The first-order valence-electron chi connectivity index (χ1n) is 5.49. The molecule has 0 amide bonds. The van der Waals surface area contributed by atoms with Crippen LogP contribution < -0.4 is 23.4 Å². The van der Waals surface area contributed by atoms with Gasteiger partial charge in [-0.15, -0.1) is 10.2 Å². The minimum Gasteiger partial charge on any atom is -0.236 e. The highest BCUT2D eigenvalue weighted by Gasteiger charge is 2.14. The molecule has 1 aromatic heterocycles. The average molecular weight is 288 g/mol. The van der Waals surface area contributed by atoms with Crippen molar-refractivity contribution in [2.24, 2.45) is 0 Å². The van der Waals surface area contributed by atoms with Crippen LogP contribution in [0.5, 0.6) is 0 Å². The van der Waals surface area contributed by atoms with E-state index < -0.39 is 10.2 Å². The summed E-state index contributed by atoms with van der Waals surface area (Å²) in [6.45, 7) is 5.00. The Labute approximate surface area is 112 Å². The van der Waals surface area contributed by atoms with Gasteiger partial charge in [0.1, 0.15) is 0 Å². The molecule has 0 fully saturated rings. The predicted octanol–water partition coefficient (Wildman–Crippen LogP) is -2.19. The van der Waals surface area contributed by atoms with Crippen LogP contribution in [0.4, 0.5) is 0 Å². The van der Waals surface area contributed by atoms with Gasteiger partial charge in [0.25, 0.3) is 0 Å². The topological polar surface area (TPSA) is 109 Å². The Morgan fingerprint density at radius 3 is 2.05 bits per heavy atom. The molecule has 0 aliphatic heterocycles. The molecule has 2 rings (SSSR count). The Morgan fingerprint density at radius 1 is 1.11 bits per heavy atom. The van der Waals surface area contributed by atoms with Gasteiger partial charge in [0.15, 0.2) is 6.54 Å². The Balaban J connectivity index is 0.000000312. The zero-order chi connectivity index (χ0) is 14.5. The highest BCUT2D eigenvalue weighted by molar-refractivity contribution is 5.56. The summed E-state index contributed by atoms with van der Waals surface area (Å²) in [7, 11) is -4.94. The number of hydrogen-bond donors (Lipinski definition) is 0. The molecule has 0 atom stereocenters. The first kappa shape index (κ1) is 15.6. The normalized spacial score (nSPS) is 10.8. The Hall–Kier alpha value is -1.44. The number of aryl methyl sites for hydroxylation is 2. The molecule has 2 aromatic rings. The smallest absolute Gasteiger partial charge is 0.229 e. The summed E-state index contributed by atoms with van der Waals surface area (Å²) >= 11 is 0. The zero-order valence-corrected chi connectivity index (χ0v) is 11.3. The van der Waals surface area contributed by atoms with Gasteiger partial charge in [-0.25, -0.2) is 23.2 Å². The molecular weight excluding hydrogens is 274 g/mol. The molecule has 0 bridgehead atoms. The molecule has 0 aliphatic carbocycles. The zero-order valence-electron chi connectivity index (χ0n) is 10.5. The maximum Gasteiger partial charge on any atom is 0.229 e. The summed E-state index contributed by atoms with van der Waals surface area (Å²) in [5.41, 5.74) is 2.29. The molecule has 0 radical (unpaired) electrons. The fraction of sp³-hybridized carbons (Fsp3) is 0.250. The number of rotatable bonds is 2. The summed E-state index contributed by atoms with van der Waals surface area (Å²) in [4.78, 5) is 0. The Bertz CT molecular complexity index is 501. The van der Waals surface area contributed by atoms with Crippen LogP contribution in [0, 0.1) is 17.2 Å². The van der Waals surface area contributed by atoms with Gasteiger partial charge in [-0.3, -0.25) is 0 Å². The second kappa shape index (κ2) is 6.65. The van der Waals surface area contributed by atoms with Gasteiger partial charge in [-0.05, 0) is 11.7 Å². The van der Waals surface area contributed by atoms with Crippen molar-refractivity contribution in [1.29, 1.82) is 0 Å². The number of hydrogen-bond acceptors (Lipinski definition) is 5. The maximum absolute atomic E-state index is 8.49. The van der Waals surface area contributed by atoms with Crippen LogP contribution in [0.3, 0.4) is 0 Å². The molecule has 1 aromatic carbocycles. The van der Waals surface area contributed by atoms with Gasteiger partial charge in [0.05, 0.1) is 6.07 Å². The van der Waals surface area contributed by atoms with Gasteiger partial charge < -0.3 is 0 Å². The average Bonchev–Trinajstić information content (AvgIpc) is 2.70. The van der Waals surface area contributed by atoms with Gasteiger partial charge in [-0.2, -0.15) is 0 Å². The second-order valence-electron chi connectivity index (χ2n) is 3.68. The van der Waals surface area contributed by atoms with E-state index in [1.54, 1.807) is 0 Å². The Kier molecular flexibility index (Phi) is 5.46. The van der Waals surface area contributed by atoms with E-state index in [0.29, 0.717) is 0 Å². The van der Waals surface area contributed by atoms with Crippen molar-refractivity contribution in [1.82, 2.24) is 0 Å². The summed E-state index contributed by atoms with van der Waals surface area (Å²) < 4.78 is 41.5. The predicted molar refractivity (Wildman–Crippen MR) is 54.8 cm³/mol. The molecule has 0 unspecified atom stereocenters. The molecule has 0 aliphatic rings. The van der Waals surface area contributed by atoms with Crippen LogP contribution in [0.15, 0.2) is 40.9 Å². The molecule has 19 heavy (non-hydrogen) atoms. The van der Waals surface area contributed by atoms with E-state index in [-0.39, 0.29) is 0 Å². The minimum absolute atomic E-state index is 0.874. The third-order valence-electron chi connectivity index (χ3n) is 2.29. The van der Waals surface area contributed by atoms with Gasteiger partial charge >= 0.3 is 0 Å². The standard InChI is InChI=1S/C12H14NO.ClHO4/c1-3-13-10(2)9-12(14-13)11-7-5-4-6-8-11;2-1(3,4)5/h4-9H,3H2,1-2H3;(H,2,3,4,5)/q+1;/p-1. The van der Waals surface area contributed by atoms with Crippen molar-refractivity contribution in [3.63, 3.8) is 0 Å². The van der Waals surface area contributed by atoms with Crippen molar-refractivity contribution >= 4 is 0 Å². The third kappa shape index (κ3) is 5.82. The van der Waals surface area contributed by atoms with Gasteiger partial charge in [0, 0.05) is 12.5 Å². The number of benzene rings is 1. The van der Waals surface area contributed by atoms with Gasteiger partial charge in [0.2, 0.25) is 11.5 Å². The van der Waals surface area contributed by atoms with E-state index in [1.807, 2.05) is 22.9 Å². The van der Waals surface area contributed by atoms with Crippen molar-refractivity contribution < 1.29 is 38.1 Å². The second-order valence-corrected chi connectivity index (χ2v) is 4.44. The quantitative estimate of drug-likeness (QED) is 0.583. The fourth-order valence-electron chi connectivity index (χ4n) is 1.53. The number of nitrogens with zero attached hydrogens (tertiary/aromatic N) is 1. The molecule has 0 spiro atoms. The van der Waals surface area contributed by atoms with Crippen LogP contribution in [-0.2, 0) is 6.54 Å². The van der Waals surface area contributed by atoms with Crippen LogP contribution >= 0.6 is 0 Å². The van der Waals surface area contributed by atoms with Crippen molar-refractivity contribution in [2.75, 3.05) is 0 Å². The molecular formula is C12H14ClNO5. The van der Waals surface area contributed by atoms with E-state index in [1.165, 1.54) is 0 Å². The largest absolute Gasteiger partial charge is 0.236 e. The molecule has 0 saturated heterocycles. The SMILES string of the molecule is CC[n+]1oc(-c2ccccc2)cc1C.[O-][Cl+3]([O-])([O-])[O-]. The fourth-order valence-corrected chi connectivity index (χ4v) is 1.53.